The Morgan fingerprint density at radius 1 is 1.41 bits per heavy atom. The van der Waals surface area contributed by atoms with Gasteiger partial charge in [0.1, 0.15) is 6.73 Å². The molecule has 0 fully saturated rings. The summed E-state index contributed by atoms with van der Waals surface area (Å²) in [4.78, 5) is 13.3. The summed E-state index contributed by atoms with van der Waals surface area (Å²) in [7, 11) is 1.51. The number of carbonyl (C=O) groups is 1. The molecule has 5 heteroatoms. The van der Waals surface area contributed by atoms with E-state index in [0.29, 0.717) is 13.1 Å². The van der Waals surface area contributed by atoms with Gasteiger partial charge in [-0.3, -0.25) is 0 Å². The number of carbonyl (C=O) groups excluding carboxylic acids is 1. The first-order valence-corrected chi connectivity index (χ1v) is 5.44. The van der Waals surface area contributed by atoms with Gasteiger partial charge in [0.25, 0.3) is 0 Å². The fourth-order valence-electron chi connectivity index (χ4n) is 1.42. The van der Waals surface area contributed by atoms with Gasteiger partial charge in [0.2, 0.25) is 0 Å². The van der Waals surface area contributed by atoms with E-state index in [1.807, 2.05) is 30.3 Å². The number of nitrogens with one attached hydrogen (secondary N) is 1. The lowest BCUT2D eigenvalue weighted by atomic mass is 10.2. The summed E-state index contributed by atoms with van der Waals surface area (Å²) in [5.41, 5.74) is 1.02. The Morgan fingerprint density at radius 2 is 2.12 bits per heavy atom. The van der Waals surface area contributed by atoms with Crippen LogP contribution in [0.2, 0.25) is 0 Å². The number of hydrogen-bond donors (Lipinski definition) is 2. The van der Waals surface area contributed by atoms with E-state index in [4.69, 9.17) is 9.84 Å². The quantitative estimate of drug-likeness (QED) is 0.720. The lowest BCUT2D eigenvalue weighted by Gasteiger charge is -2.22. The minimum absolute atomic E-state index is 0.0623. The Labute approximate surface area is 101 Å². The summed E-state index contributed by atoms with van der Waals surface area (Å²) in [5.74, 6) is 0. The lowest BCUT2D eigenvalue weighted by molar-refractivity contribution is 0.143. The molecule has 5 nitrogen and oxygen atoms in total. The molecule has 0 unspecified atom stereocenters. The van der Waals surface area contributed by atoms with Gasteiger partial charge in [-0.15, -0.1) is 0 Å². The van der Waals surface area contributed by atoms with Crippen molar-refractivity contribution < 1.29 is 14.6 Å². The second kappa shape index (κ2) is 7.65. The van der Waals surface area contributed by atoms with Crippen LogP contribution in [0.1, 0.15) is 5.56 Å². The first kappa shape index (κ1) is 13.5. The van der Waals surface area contributed by atoms with Crippen molar-refractivity contribution in [3.63, 3.8) is 0 Å². The van der Waals surface area contributed by atoms with Crippen molar-refractivity contribution >= 4 is 6.03 Å². The highest BCUT2D eigenvalue weighted by Gasteiger charge is 2.12. The van der Waals surface area contributed by atoms with Crippen LogP contribution < -0.4 is 5.32 Å². The highest BCUT2D eigenvalue weighted by atomic mass is 16.5. The number of rotatable bonds is 6. The predicted octanol–water partition coefficient (Wildman–Crippen LogP) is 0.794. The Kier molecular flexibility index (Phi) is 6.06. The number of urea groups is 1. The van der Waals surface area contributed by atoms with Crippen LogP contribution in [0.5, 0.6) is 0 Å². The van der Waals surface area contributed by atoms with Crippen molar-refractivity contribution in [3.8, 4) is 0 Å². The number of benzene rings is 1. The molecule has 0 heterocycles. The van der Waals surface area contributed by atoms with Crippen LogP contribution in [0, 0.1) is 0 Å². The van der Waals surface area contributed by atoms with Gasteiger partial charge >= 0.3 is 6.03 Å². The topological polar surface area (TPSA) is 61.8 Å². The van der Waals surface area contributed by atoms with E-state index in [9.17, 15) is 4.79 Å². The minimum Gasteiger partial charge on any atom is -0.395 e. The maximum Gasteiger partial charge on any atom is 0.319 e. The summed E-state index contributed by atoms with van der Waals surface area (Å²) >= 11 is 0. The van der Waals surface area contributed by atoms with Crippen LogP contribution in [-0.4, -0.2) is 43.0 Å². The molecule has 2 amide bonds. The lowest BCUT2D eigenvalue weighted by Crippen LogP contribution is -2.41. The Balaban J connectivity index is 2.56. The van der Waals surface area contributed by atoms with Gasteiger partial charge < -0.3 is 20.1 Å². The number of nitrogens with zero attached hydrogens (tertiary/aromatic N) is 1. The zero-order valence-electron chi connectivity index (χ0n) is 9.93. The molecule has 2 N–H and O–H groups in total. The van der Waals surface area contributed by atoms with Gasteiger partial charge in [-0.1, -0.05) is 30.3 Å². The molecule has 1 rings (SSSR count). The van der Waals surface area contributed by atoms with E-state index in [1.165, 1.54) is 12.0 Å². The molecule has 0 aliphatic carbocycles. The third-order valence-electron chi connectivity index (χ3n) is 2.24. The van der Waals surface area contributed by atoms with Gasteiger partial charge in [-0.05, 0) is 5.56 Å². The zero-order valence-corrected chi connectivity index (χ0v) is 9.93. The maximum absolute atomic E-state index is 11.7. The second-order valence-electron chi connectivity index (χ2n) is 3.55. The van der Waals surface area contributed by atoms with Crippen molar-refractivity contribution in [2.24, 2.45) is 0 Å². The highest BCUT2D eigenvalue weighted by molar-refractivity contribution is 5.74. The smallest absolute Gasteiger partial charge is 0.319 e. The number of aliphatic hydroxyl groups excluding tert-OH is 1. The first-order chi connectivity index (χ1) is 8.27. The molecule has 1 aromatic rings. The third kappa shape index (κ3) is 4.84. The standard InChI is InChI=1S/C12H18N2O3/c1-17-10-13-12(16)14(7-8-15)9-11-5-3-2-4-6-11/h2-6,15H,7-10H2,1H3,(H,13,16). The van der Waals surface area contributed by atoms with E-state index in [2.05, 4.69) is 5.32 Å². The summed E-state index contributed by atoms with van der Waals surface area (Å²) in [6, 6.07) is 9.39. The molecule has 0 aromatic heterocycles. The molecule has 94 valence electrons. The summed E-state index contributed by atoms with van der Waals surface area (Å²) in [5, 5.41) is 11.5. The number of methoxy groups -OCH3 is 1. The van der Waals surface area contributed by atoms with Crippen molar-refractivity contribution in [2.45, 2.75) is 6.54 Å². The van der Waals surface area contributed by atoms with E-state index in [0.717, 1.165) is 5.56 Å². The molecule has 0 spiro atoms. The van der Waals surface area contributed by atoms with Gasteiger partial charge in [0.05, 0.1) is 6.61 Å². The monoisotopic (exact) mass is 238 g/mol. The maximum atomic E-state index is 11.7. The molecule has 0 aliphatic heterocycles. The van der Waals surface area contributed by atoms with E-state index in [-0.39, 0.29) is 19.4 Å². The largest absolute Gasteiger partial charge is 0.395 e. The van der Waals surface area contributed by atoms with Crippen LogP contribution in [0.15, 0.2) is 30.3 Å². The van der Waals surface area contributed by atoms with Crippen molar-refractivity contribution in [1.82, 2.24) is 10.2 Å². The molecule has 1 aromatic carbocycles. The molecule has 0 radical (unpaired) electrons. The molecule has 0 saturated carbocycles. The van der Waals surface area contributed by atoms with Crippen molar-refractivity contribution in [3.05, 3.63) is 35.9 Å². The summed E-state index contributed by atoms with van der Waals surface area (Å²) in [6.45, 7) is 0.865. The normalized spacial score (nSPS) is 10.0. The average Bonchev–Trinajstić information content (AvgIpc) is 2.36. The summed E-state index contributed by atoms with van der Waals surface area (Å²) < 4.78 is 4.77. The fourth-order valence-corrected chi connectivity index (χ4v) is 1.42. The molecule has 0 saturated heterocycles. The summed E-state index contributed by atoms with van der Waals surface area (Å²) in [6.07, 6.45) is 0. The van der Waals surface area contributed by atoms with Gasteiger partial charge in [0.15, 0.2) is 0 Å². The molecule has 17 heavy (non-hydrogen) atoms. The predicted molar refractivity (Wildman–Crippen MR) is 64.3 cm³/mol. The molecule has 0 aliphatic rings. The molecule has 0 atom stereocenters. The van der Waals surface area contributed by atoms with Crippen LogP contribution in [-0.2, 0) is 11.3 Å². The van der Waals surface area contributed by atoms with Crippen molar-refractivity contribution in [2.75, 3.05) is 27.0 Å². The number of amides is 2. The SMILES string of the molecule is COCNC(=O)N(CCO)Cc1ccccc1. The van der Waals surface area contributed by atoms with Crippen molar-refractivity contribution in [1.29, 1.82) is 0 Å². The molecular weight excluding hydrogens is 220 g/mol. The zero-order chi connectivity index (χ0) is 12.5. The van der Waals surface area contributed by atoms with E-state index >= 15 is 0 Å². The minimum atomic E-state index is -0.246. The van der Waals surface area contributed by atoms with Crippen LogP contribution in [0.4, 0.5) is 4.79 Å². The number of hydrogen-bond acceptors (Lipinski definition) is 3. The van der Waals surface area contributed by atoms with Crippen LogP contribution >= 0.6 is 0 Å². The number of aliphatic hydroxyl groups is 1. The third-order valence-corrected chi connectivity index (χ3v) is 2.24. The Bertz CT molecular complexity index is 330. The van der Waals surface area contributed by atoms with Gasteiger partial charge in [-0.25, -0.2) is 4.79 Å². The first-order valence-electron chi connectivity index (χ1n) is 5.44. The fraction of sp³-hybridized carbons (Fsp3) is 0.417. The molecule has 0 bridgehead atoms. The van der Waals surface area contributed by atoms with Gasteiger partial charge in [0, 0.05) is 20.2 Å². The van der Waals surface area contributed by atoms with Crippen LogP contribution in [0.3, 0.4) is 0 Å². The highest BCUT2D eigenvalue weighted by Crippen LogP contribution is 2.04. The Hall–Kier alpha value is -1.59. The van der Waals surface area contributed by atoms with Crippen LogP contribution in [0.25, 0.3) is 0 Å². The van der Waals surface area contributed by atoms with E-state index < -0.39 is 0 Å². The average molecular weight is 238 g/mol. The van der Waals surface area contributed by atoms with Gasteiger partial charge in [-0.2, -0.15) is 0 Å². The molecular formula is C12H18N2O3. The second-order valence-corrected chi connectivity index (χ2v) is 3.55. The van der Waals surface area contributed by atoms with E-state index in [1.54, 1.807) is 0 Å². The Morgan fingerprint density at radius 3 is 2.71 bits per heavy atom. The number of ether oxygens (including phenoxy) is 1.